The van der Waals surface area contributed by atoms with E-state index >= 15 is 0 Å². The molecule has 3 atom stereocenters. The Kier molecular flexibility index (Phi) is 4.06. The predicted molar refractivity (Wildman–Crippen MR) is 75.9 cm³/mol. The van der Waals surface area contributed by atoms with Crippen molar-refractivity contribution in [2.24, 2.45) is 11.8 Å². The molecule has 0 bridgehead atoms. The molecule has 22 heavy (non-hydrogen) atoms. The minimum absolute atomic E-state index is 0.0117. The van der Waals surface area contributed by atoms with Crippen molar-refractivity contribution < 1.29 is 23.8 Å². The fourth-order valence-electron chi connectivity index (χ4n) is 2.74. The molecule has 7 heteroatoms. The number of aliphatic carboxylic acids is 1. The average Bonchev–Trinajstić information content (AvgIpc) is 3.30. The van der Waals surface area contributed by atoms with E-state index in [1.165, 1.54) is 12.1 Å². The first-order valence-electron chi connectivity index (χ1n) is 7.05. The van der Waals surface area contributed by atoms with Crippen LogP contribution in [0.1, 0.15) is 18.1 Å². The van der Waals surface area contributed by atoms with Gasteiger partial charge in [0, 0.05) is 6.54 Å². The van der Waals surface area contributed by atoms with Crippen molar-refractivity contribution in [3.8, 4) is 0 Å². The van der Waals surface area contributed by atoms with Crippen LogP contribution in [0.15, 0.2) is 18.2 Å². The summed E-state index contributed by atoms with van der Waals surface area (Å²) < 4.78 is 18.8. The lowest BCUT2D eigenvalue weighted by atomic mass is 10.1. The number of ether oxygens (including phenoxy) is 1. The van der Waals surface area contributed by atoms with Gasteiger partial charge in [-0.25, -0.2) is 4.39 Å². The van der Waals surface area contributed by atoms with Crippen LogP contribution in [0, 0.1) is 17.7 Å². The maximum atomic E-state index is 13.2. The number of carbonyl (C=O) groups excluding carboxylic acids is 1. The van der Waals surface area contributed by atoms with E-state index in [1.807, 2.05) is 0 Å². The second-order valence-corrected chi connectivity index (χ2v) is 6.01. The molecule has 1 saturated carbocycles. The number of hydrogen-bond donors (Lipinski definition) is 1. The summed E-state index contributed by atoms with van der Waals surface area (Å²) in [6.07, 6.45) is 0.0243. The molecule has 3 unspecified atom stereocenters. The lowest BCUT2D eigenvalue weighted by Crippen LogP contribution is -2.43. The smallest absolute Gasteiger partial charge is 0.307 e. The van der Waals surface area contributed by atoms with Crippen LogP contribution in [0.5, 0.6) is 0 Å². The van der Waals surface area contributed by atoms with Crippen LogP contribution < -0.4 is 0 Å². The maximum Gasteiger partial charge on any atom is 0.307 e. The molecule has 1 N–H and O–H groups in total. The molecular formula is C15H15ClFNO4. The van der Waals surface area contributed by atoms with Gasteiger partial charge < -0.3 is 14.7 Å². The number of nitrogens with zero attached hydrogens (tertiary/aromatic N) is 1. The minimum atomic E-state index is -0.923. The largest absolute Gasteiger partial charge is 0.481 e. The van der Waals surface area contributed by atoms with E-state index in [0.717, 1.165) is 0 Å². The summed E-state index contributed by atoms with van der Waals surface area (Å²) in [7, 11) is 0. The third kappa shape index (κ3) is 2.94. The van der Waals surface area contributed by atoms with E-state index in [9.17, 15) is 14.0 Å². The van der Waals surface area contributed by atoms with Gasteiger partial charge in [0.15, 0.2) is 0 Å². The van der Waals surface area contributed by atoms with Crippen molar-refractivity contribution in [1.82, 2.24) is 4.90 Å². The first-order chi connectivity index (χ1) is 10.5. The Morgan fingerprint density at radius 1 is 1.36 bits per heavy atom. The number of morpholine rings is 1. The summed E-state index contributed by atoms with van der Waals surface area (Å²) in [4.78, 5) is 24.8. The third-order valence-electron chi connectivity index (χ3n) is 4.12. The van der Waals surface area contributed by atoms with E-state index in [2.05, 4.69) is 0 Å². The first-order valence-corrected chi connectivity index (χ1v) is 7.43. The third-order valence-corrected chi connectivity index (χ3v) is 4.41. The van der Waals surface area contributed by atoms with E-state index in [1.54, 1.807) is 11.0 Å². The monoisotopic (exact) mass is 327 g/mol. The van der Waals surface area contributed by atoms with E-state index in [0.29, 0.717) is 31.7 Å². The van der Waals surface area contributed by atoms with Crippen LogP contribution in [0.25, 0.3) is 0 Å². The number of carboxylic acids is 1. The van der Waals surface area contributed by atoms with Crippen LogP contribution in [-0.2, 0) is 14.3 Å². The van der Waals surface area contributed by atoms with Crippen molar-refractivity contribution in [1.29, 1.82) is 0 Å². The lowest BCUT2D eigenvalue weighted by molar-refractivity contribution is -0.145. The number of carboxylic acid groups (broad SMARTS) is 1. The highest BCUT2D eigenvalue weighted by molar-refractivity contribution is 6.30. The Balaban J connectivity index is 1.68. The molecule has 2 fully saturated rings. The second-order valence-electron chi connectivity index (χ2n) is 5.60. The Bertz CT molecular complexity index is 624. The molecule has 1 aromatic rings. The van der Waals surface area contributed by atoms with Crippen LogP contribution >= 0.6 is 11.6 Å². The molecular weight excluding hydrogens is 313 g/mol. The van der Waals surface area contributed by atoms with Gasteiger partial charge in [-0.05, 0) is 24.1 Å². The number of hydrogen-bond acceptors (Lipinski definition) is 3. The molecule has 1 aliphatic carbocycles. The van der Waals surface area contributed by atoms with Gasteiger partial charge in [0.1, 0.15) is 11.9 Å². The van der Waals surface area contributed by atoms with Crippen LogP contribution in [0.2, 0.25) is 5.02 Å². The quantitative estimate of drug-likeness (QED) is 0.923. The summed E-state index contributed by atoms with van der Waals surface area (Å²) in [5.74, 6) is -2.55. The molecule has 118 valence electrons. The highest BCUT2D eigenvalue weighted by Gasteiger charge is 2.50. The molecule has 5 nitrogen and oxygen atoms in total. The molecule has 1 saturated heterocycles. The number of benzene rings is 1. The van der Waals surface area contributed by atoms with Gasteiger partial charge in [-0.1, -0.05) is 17.7 Å². The highest BCUT2D eigenvalue weighted by atomic mass is 35.5. The lowest BCUT2D eigenvalue weighted by Gasteiger charge is -2.33. The van der Waals surface area contributed by atoms with Gasteiger partial charge >= 0.3 is 5.97 Å². The van der Waals surface area contributed by atoms with Crippen LogP contribution in [0.3, 0.4) is 0 Å². The fourth-order valence-corrected chi connectivity index (χ4v) is 2.93. The van der Waals surface area contributed by atoms with Crippen LogP contribution in [-0.4, -0.2) is 41.6 Å². The molecule has 3 rings (SSSR count). The van der Waals surface area contributed by atoms with Gasteiger partial charge in [-0.3, -0.25) is 9.59 Å². The molecule has 0 radical (unpaired) electrons. The summed E-state index contributed by atoms with van der Waals surface area (Å²) in [6.45, 7) is 1.12. The van der Waals surface area contributed by atoms with E-state index in [-0.39, 0.29) is 17.0 Å². The summed E-state index contributed by atoms with van der Waals surface area (Å²) >= 11 is 5.77. The average molecular weight is 328 g/mol. The molecule has 1 heterocycles. The van der Waals surface area contributed by atoms with Gasteiger partial charge in [0.2, 0.25) is 5.91 Å². The van der Waals surface area contributed by atoms with Crippen molar-refractivity contribution in [3.63, 3.8) is 0 Å². The predicted octanol–water partition coefficient (Wildman–Crippen LogP) is 2.10. The zero-order valence-electron chi connectivity index (χ0n) is 11.7. The van der Waals surface area contributed by atoms with Gasteiger partial charge in [-0.2, -0.15) is 0 Å². The topological polar surface area (TPSA) is 66.8 Å². The highest BCUT2D eigenvalue weighted by Crippen LogP contribution is 2.40. The molecule has 0 spiro atoms. The van der Waals surface area contributed by atoms with Gasteiger partial charge in [0.25, 0.3) is 0 Å². The molecule has 1 aromatic carbocycles. The van der Waals surface area contributed by atoms with Crippen molar-refractivity contribution in [2.75, 3.05) is 19.7 Å². The number of carbonyl (C=O) groups is 2. The maximum absolute atomic E-state index is 13.2. The van der Waals surface area contributed by atoms with Gasteiger partial charge in [0.05, 0.1) is 30.0 Å². The zero-order chi connectivity index (χ0) is 15.9. The standard InChI is InChI=1S/C15H15ClFNO4/c16-11-5-8(1-2-12(11)17)13-7-18(3-4-22-13)14(19)9-6-10(9)15(20)21/h1-2,5,9-10,13H,3-4,6-7H2,(H,20,21). The zero-order valence-corrected chi connectivity index (χ0v) is 12.4. The van der Waals surface area contributed by atoms with Crippen molar-refractivity contribution in [3.05, 3.63) is 34.6 Å². The minimum Gasteiger partial charge on any atom is -0.481 e. The number of amides is 1. The summed E-state index contributed by atoms with van der Waals surface area (Å²) in [5, 5.41) is 8.92. The van der Waals surface area contributed by atoms with Crippen molar-refractivity contribution >= 4 is 23.5 Å². The van der Waals surface area contributed by atoms with Gasteiger partial charge in [-0.15, -0.1) is 0 Å². The normalized spacial score (nSPS) is 27.5. The Morgan fingerprint density at radius 2 is 2.14 bits per heavy atom. The number of rotatable bonds is 3. The summed E-state index contributed by atoms with van der Waals surface area (Å²) in [5.41, 5.74) is 0.703. The fraction of sp³-hybridized carbons (Fsp3) is 0.467. The first kappa shape index (κ1) is 15.2. The number of halogens is 2. The molecule has 0 aromatic heterocycles. The van der Waals surface area contributed by atoms with Crippen molar-refractivity contribution in [2.45, 2.75) is 12.5 Å². The SMILES string of the molecule is O=C(O)C1CC1C(=O)N1CCOC(c2ccc(F)c(Cl)c2)C1. The molecule has 1 amide bonds. The van der Waals surface area contributed by atoms with Crippen LogP contribution in [0.4, 0.5) is 4.39 Å². The Hall–Kier alpha value is -1.66. The second kappa shape index (κ2) is 5.85. The molecule has 2 aliphatic rings. The summed E-state index contributed by atoms with van der Waals surface area (Å²) in [6, 6.07) is 4.34. The molecule has 1 aliphatic heterocycles. The Morgan fingerprint density at radius 3 is 2.77 bits per heavy atom. The Labute approximate surface area is 131 Å². The van der Waals surface area contributed by atoms with E-state index in [4.69, 9.17) is 21.4 Å². The van der Waals surface area contributed by atoms with E-state index < -0.39 is 23.6 Å².